The lowest BCUT2D eigenvalue weighted by Gasteiger charge is -2.21. The first-order valence-corrected chi connectivity index (χ1v) is 6.62. The van der Waals surface area contributed by atoms with E-state index in [0.717, 1.165) is 12.8 Å². The van der Waals surface area contributed by atoms with E-state index in [2.05, 4.69) is 11.9 Å². The van der Waals surface area contributed by atoms with Crippen LogP contribution in [0.25, 0.3) is 0 Å². The predicted octanol–water partition coefficient (Wildman–Crippen LogP) is 3.22. The Labute approximate surface area is 121 Å². The van der Waals surface area contributed by atoms with Crippen molar-refractivity contribution in [3.8, 4) is 0 Å². The smallest absolute Gasteiger partial charge is 0.337 e. The second-order valence-electron chi connectivity index (χ2n) is 4.60. The number of urea groups is 1. The van der Waals surface area contributed by atoms with E-state index >= 15 is 0 Å². The summed E-state index contributed by atoms with van der Waals surface area (Å²) >= 11 is 5.86. The van der Waals surface area contributed by atoms with E-state index in [9.17, 15) is 9.59 Å². The molecule has 2 rings (SSSR count). The number of benzene rings is 1. The van der Waals surface area contributed by atoms with Gasteiger partial charge < -0.3 is 15.3 Å². The number of aromatic carboxylic acids is 1. The molecule has 0 atom stereocenters. The number of carboxylic acid groups (broad SMARTS) is 1. The van der Waals surface area contributed by atoms with Crippen LogP contribution in [0.15, 0.2) is 30.9 Å². The Hall–Kier alpha value is -2.01. The van der Waals surface area contributed by atoms with Gasteiger partial charge in [0.1, 0.15) is 0 Å². The van der Waals surface area contributed by atoms with E-state index < -0.39 is 5.97 Å². The lowest BCUT2D eigenvalue weighted by molar-refractivity contribution is 0.0697. The Morgan fingerprint density at radius 2 is 2.20 bits per heavy atom. The molecule has 0 aliphatic heterocycles. The van der Waals surface area contributed by atoms with Gasteiger partial charge in [-0.15, -0.1) is 6.58 Å². The van der Waals surface area contributed by atoms with E-state index in [1.807, 2.05) is 0 Å². The van der Waals surface area contributed by atoms with Gasteiger partial charge in [-0.25, -0.2) is 9.59 Å². The number of rotatable bonds is 5. The van der Waals surface area contributed by atoms with Gasteiger partial charge in [-0.2, -0.15) is 0 Å². The average molecular weight is 295 g/mol. The molecular formula is C14H15ClN2O3. The van der Waals surface area contributed by atoms with Crippen LogP contribution in [-0.4, -0.2) is 34.6 Å². The molecule has 1 fully saturated rings. The van der Waals surface area contributed by atoms with Crippen molar-refractivity contribution in [3.05, 3.63) is 41.4 Å². The third kappa shape index (κ3) is 3.30. The van der Waals surface area contributed by atoms with Crippen LogP contribution in [0.1, 0.15) is 23.2 Å². The monoisotopic (exact) mass is 294 g/mol. The molecule has 106 valence electrons. The number of anilines is 1. The Morgan fingerprint density at radius 3 is 2.70 bits per heavy atom. The lowest BCUT2D eigenvalue weighted by atomic mass is 10.2. The minimum Gasteiger partial charge on any atom is -0.478 e. The molecule has 0 bridgehead atoms. The standard InChI is InChI=1S/C14H15ClN2O3/c1-2-7-17(10-4-5-10)14(20)16-9-3-6-11(13(18)19)12(15)8-9/h2-3,6,8,10H,1,4-5,7H2,(H,16,20)(H,18,19). The van der Waals surface area contributed by atoms with Crippen LogP contribution in [0, 0.1) is 0 Å². The highest BCUT2D eigenvalue weighted by molar-refractivity contribution is 6.33. The van der Waals surface area contributed by atoms with Crippen molar-refractivity contribution in [2.75, 3.05) is 11.9 Å². The van der Waals surface area contributed by atoms with Gasteiger partial charge in [0.05, 0.1) is 10.6 Å². The van der Waals surface area contributed by atoms with Crippen molar-refractivity contribution in [1.29, 1.82) is 0 Å². The fourth-order valence-corrected chi connectivity index (χ4v) is 2.15. The molecule has 2 amide bonds. The first-order chi connectivity index (χ1) is 9.52. The summed E-state index contributed by atoms with van der Waals surface area (Å²) in [5.74, 6) is -1.10. The highest BCUT2D eigenvalue weighted by Crippen LogP contribution is 2.28. The molecule has 0 unspecified atom stereocenters. The average Bonchev–Trinajstić information content (AvgIpc) is 3.19. The Bertz CT molecular complexity index is 555. The molecule has 2 N–H and O–H groups in total. The van der Waals surface area contributed by atoms with Crippen molar-refractivity contribution in [1.82, 2.24) is 4.90 Å². The highest BCUT2D eigenvalue weighted by Gasteiger charge is 2.31. The molecule has 1 aliphatic carbocycles. The number of carbonyl (C=O) groups excluding carboxylic acids is 1. The first-order valence-electron chi connectivity index (χ1n) is 6.24. The van der Waals surface area contributed by atoms with Crippen LogP contribution in [0.5, 0.6) is 0 Å². The topological polar surface area (TPSA) is 69.6 Å². The van der Waals surface area contributed by atoms with Gasteiger partial charge >= 0.3 is 12.0 Å². The van der Waals surface area contributed by atoms with Crippen LogP contribution in [0.2, 0.25) is 5.02 Å². The number of halogens is 1. The van der Waals surface area contributed by atoms with Crippen molar-refractivity contribution in [2.45, 2.75) is 18.9 Å². The molecule has 1 aliphatic rings. The minimum absolute atomic E-state index is 0.00908. The van der Waals surface area contributed by atoms with Crippen LogP contribution in [0.4, 0.5) is 10.5 Å². The van der Waals surface area contributed by atoms with E-state index in [1.54, 1.807) is 11.0 Å². The third-order valence-corrected chi connectivity index (χ3v) is 3.34. The zero-order valence-electron chi connectivity index (χ0n) is 10.8. The Kier molecular flexibility index (Phi) is 4.29. The number of nitrogens with one attached hydrogen (secondary N) is 1. The molecule has 0 aromatic heterocycles. The fraction of sp³-hybridized carbons (Fsp3) is 0.286. The zero-order chi connectivity index (χ0) is 14.7. The molecule has 0 radical (unpaired) electrons. The predicted molar refractivity (Wildman–Crippen MR) is 77.4 cm³/mol. The van der Waals surface area contributed by atoms with Crippen molar-refractivity contribution in [2.24, 2.45) is 0 Å². The quantitative estimate of drug-likeness (QED) is 0.819. The van der Waals surface area contributed by atoms with E-state index in [4.69, 9.17) is 16.7 Å². The van der Waals surface area contributed by atoms with Gasteiger partial charge in [-0.3, -0.25) is 0 Å². The number of hydrogen-bond donors (Lipinski definition) is 2. The maximum atomic E-state index is 12.1. The normalized spacial score (nSPS) is 13.7. The van der Waals surface area contributed by atoms with Gasteiger partial charge in [0.15, 0.2) is 0 Å². The number of hydrogen-bond acceptors (Lipinski definition) is 2. The minimum atomic E-state index is -1.10. The van der Waals surface area contributed by atoms with Gasteiger partial charge in [0.2, 0.25) is 0 Å². The maximum Gasteiger partial charge on any atom is 0.337 e. The third-order valence-electron chi connectivity index (χ3n) is 3.03. The molecular weight excluding hydrogens is 280 g/mol. The van der Waals surface area contributed by atoms with Crippen molar-refractivity contribution >= 4 is 29.3 Å². The van der Waals surface area contributed by atoms with E-state index in [-0.39, 0.29) is 22.7 Å². The summed E-state index contributed by atoms with van der Waals surface area (Å²) in [6.45, 7) is 4.12. The van der Waals surface area contributed by atoms with Gasteiger partial charge in [-0.05, 0) is 31.0 Å². The molecule has 1 saturated carbocycles. The molecule has 1 aromatic rings. The van der Waals surface area contributed by atoms with Crippen molar-refractivity contribution in [3.63, 3.8) is 0 Å². The maximum absolute atomic E-state index is 12.1. The van der Waals surface area contributed by atoms with Gasteiger partial charge in [0.25, 0.3) is 0 Å². The second kappa shape index (κ2) is 5.96. The summed E-state index contributed by atoms with van der Waals surface area (Å²) in [6.07, 6.45) is 3.68. The largest absolute Gasteiger partial charge is 0.478 e. The number of carbonyl (C=O) groups is 2. The van der Waals surface area contributed by atoms with Crippen LogP contribution in [-0.2, 0) is 0 Å². The van der Waals surface area contributed by atoms with E-state index in [0.29, 0.717) is 12.2 Å². The number of carboxylic acids is 1. The van der Waals surface area contributed by atoms with Crippen LogP contribution >= 0.6 is 11.6 Å². The first kappa shape index (κ1) is 14.4. The molecule has 0 saturated heterocycles. The lowest BCUT2D eigenvalue weighted by Crippen LogP contribution is -2.36. The van der Waals surface area contributed by atoms with Crippen molar-refractivity contribution < 1.29 is 14.7 Å². The zero-order valence-corrected chi connectivity index (χ0v) is 11.6. The van der Waals surface area contributed by atoms with Gasteiger partial charge in [0, 0.05) is 18.3 Å². The van der Waals surface area contributed by atoms with E-state index in [1.165, 1.54) is 18.2 Å². The summed E-state index contributed by atoms with van der Waals surface area (Å²) in [5.41, 5.74) is 0.481. The summed E-state index contributed by atoms with van der Waals surface area (Å²) in [7, 11) is 0. The molecule has 1 aromatic carbocycles. The second-order valence-corrected chi connectivity index (χ2v) is 5.01. The summed E-state index contributed by atoms with van der Waals surface area (Å²) < 4.78 is 0. The molecule has 6 heteroatoms. The molecule has 20 heavy (non-hydrogen) atoms. The Balaban J connectivity index is 2.08. The SMILES string of the molecule is C=CCN(C(=O)Nc1ccc(C(=O)O)c(Cl)c1)C1CC1. The van der Waals surface area contributed by atoms with Gasteiger partial charge in [-0.1, -0.05) is 17.7 Å². The summed E-state index contributed by atoms with van der Waals surface area (Å²) in [4.78, 5) is 24.7. The number of nitrogens with zero attached hydrogens (tertiary/aromatic N) is 1. The molecule has 0 heterocycles. The summed E-state index contributed by atoms with van der Waals surface area (Å²) in [6, 6.07) is 4.36. The van der Waals surface area contributed by atoms with Crippen LogP contribution in [0.3, 0.4) is 0 Å². The number of amides is 2. The van der Waals surface area contributed by atoms with Crippen LogP contribution < -0.4 is 5.32 Å². The molecule has 0 spiro atoms. The highest BCUT2D eigenvalue weighted by atomic mass is 35.5. The summed E-state index contributed by atoms with van der Waals surface area (Å²) in [5, 5.41) is 11.7. The fourth-order valence-electron chi connectivity index (χ4n) is 1.88. The Morgan fingerprint density at radius 1 is 1.50 bits per heavy atom. The molecule has 5 nitrogen and oxygen atoms in total.